The molecular weight excluding hydrogens is 290 g/mol. The SMILES string of the molecule is COc1ccc2c(c1)C(=O)CCN2C(=O)CCc1ccccc1. The Morgan fingerprint density at radius 3 is 2.70 bits per heavy atom. The molecule has 2 aromatic carbocycles. The largest absolute Gasteiger partial charge is 0.497 e. The highest BCUT2D eigenvalue weighted by atomic mass is 16.5. The molecule has 0 spiro atoms. The van der Waals surface area contributed by atoms with Gasteiger partial charge in [-0.2, -0.15) is 0 Å². The van der Waals surface area contributed by atoms with Crippen molar-refractivity contribution in [3.63, 3.8) is 0 Å². The molecule has 23 heavy (non-hydrogen) atoms. The summed E-state index contributed by atoms with van der Waals surface area (Å²) in [6.45, 7) is 0.450. The molecule has 0 N–H and O–H groups in total. The highest BCUT2D eigenvalue weighted by molar-refractivity contribution is 6.09. The number of carbonyl (C=O) groups excluding carboxylic acids is 2. The van der Waals surface area contributed by atoms with E-state index in [9.17, 15) is 9.59 Å². The highest BCUT2D eigenvalue weighted by Gasteiger charge is 2.27. The van der Waals surface area contributed by atoms with Crippen molar-refractivity contribution in [2.75, 3.05) is 18.6 Å². The Kier molecular flexibility index (Phi) is 4.42. The minimum Gasteiger partial charge on any atom is -0.497 e. The number of amides is 1. The number of nitrogens with zero attached hydrogens (tertiary/aromatic N) is 1. The summed E-state index contributed by atoms with van der Waals surface area (Å²) in [6, 6.07) is 15.2. The van der Waals surface area contributed by atoms with Gasteiger partial charge in [-0.15, -0.1) is 0 Å². The Morgan fingerprint density at radius 2 is 1.96 bits per heavy atom. The molecule has 118 valence electrons. The fraction of sp³-hybridized carbons (Fsp3) is 0.263. The molecular formula is C19H19NO3. The molecule has 0 aromatic heterocycles. The van der Waals surface area contributed by atoms with Crippen LogP contribution in [0.2, 0.25) is 0 Å². The molecule has 4 nitrogen and oxygen atoms in total. The van der Waals surface area contributed by atoms with E-state index in [0.29, 0.717) is 42.8 Å². The van der Waals surface area contributed by atoms with Crippen LogP contribution in [0.4, 0.5) is 5.69 Å². The summed E-state index contributed by atoms with van der Waals surface area (Å²) in [7, 11) is 1.57. The Balaban J connectivity index is 1.77. The third-order valence-electron chi connectivity index (χ3n) is 4.13. The van der Waals surface area contributed by atoms with Crippen LogP contribution in [0.15, 0.2) is 48.5 Å². The van der Waals surface area contributed by atoms with E-state index < -0.39 is 0 Å². The Labute approximate surface area is 135 Å². The maximum absolute atomic E-state index is 12.6. The first-order valence-electron chi connectivity index (χ1n) is 7.74. The molecule has 0 fully saturated rings. The van der Waals surface area contributed by atoms with Gasteiger partial charge in [0, 0.05) is 24.9 Å². The van der Waals surface area contributed by atoms with Gasteiger partial charge in [-0.05, 0) is 30.2 Å². The summed E-state index contributed by atoms with van der Waals surface area (Å²) in [5, 5.41) is 0. The van der Waals surface area contributed by atoms with Crippen molar-refractivity contribution in [2.45, 2.75) is 19.3 Å². The number of carbonyl (C=O) groups is 2. The lowest BCUT2D eigenvalue weighted by Gasteiger charge is -2.29. The minimum absolute atomic E-state index is 0.0489. The van der Waals surface area contributed by atoms with Gasteiger partial charge in [0.05, 0.1) is 12.8 Å². The second-order valence-electron chi connectivity index (χ2n) is 5.59. The predicted molar refractivity (Wildman–Crippen MR) is 89.1 cm³/mol. The van der Waals surface area contributed by atoms with Gasteiger partial charge >= 0.3 is 0 Å². The van der Waals surface area contributed by atoms with Gasteiger partial charge in [0.2, 0.25) is 5.91 Å². The molecule has 1 aliphatic rings. The molecule has 0 unspecified atom stereocenters. The molecule has 1 amide bonds. The third kappa shape index (κ3) is 3.26. The zero-order valence-corrected chi connectivity index (χ0v) is 13.1. The van der Waals surface area contributed by atoms with Gasteiger partial charge in [-0.1, -0.05) is 30.3 Å². The first kappa shape index (κ1) is 15.3. The third-order valence-corrected chi connectivity index (χ3v) is 4.13. The van der Waals surface area contributed by atoms with Crippen LogP contribution in [-0.4, -0.2) is 25.3 Å². The number of Topliss-reactive ketones (excluding diaryl/α,β-unsaturated/α-hetero) is 1. The fourth-order valence-corrected chi connectivity index (χ4v) is 2.86. The maximum atomic E-state index is 12.6. The number of hydrogen-bond donors (Lipinski definition) is 0. The van der Waals surface area contributed by atoms with E-state index in [2.05, 4.69) is 0 Å². The fourth-order valence-electron chi connectivity index (χ4n) is 2.86. The van der Waals surface area contributed by atoms with E-state index in [-0.39, 0.29) is 11.7 Å². The van der Waals surface area contributed by atoms with Crippen molar-refractivity contribution in [3.05, 3.63) is 59.7 Å². The lowest BCUT2D eigenvalue weighted by Crippen LogP contribution is -2.37. The van der Waals surface area contributed by atoms with E-state index in [1.165, 1.54) is 0 Å². The zero-order valence-electron chi connectivity index (χ0n) is 13.1. The first-order valence-corrected chi connectivity index (χ1v) is 7.74. The predicted octanol–water partition coefficient (Wildman–Crippen LogP) is 3.25. The van der Waals surface area contributed by atoms with Crippen LogP contribution in [0.3, 0.4) is 0 Å². The number of benzene rings is 2. The lowest BCUT2D eigenvalue weighted by atomic mass is 9.99. The van der Waals surface area contributed by atoms with E-state index in [1.807, 2.05) is 30.3 Å². The first-order chi connectivity index (χ1) is 11.2. The molecule has 0 bridgehead atoms. The van der Waals surface area contributed by atoms with Gasteiger partial charge in [0.15, 0.2) is 5.78 Å². The van der Waals surface area contributed by atoms with Crippen LogP contribution in [-0.2, 0) is 11.2 Å². The van der Waals surface area contributed by atoms with Gasteiger partial charge < -0.3 is 9.64 Å². The second kappa shape index (κ2) is 6.65. The molecule has 1 heterocycles. The number of aryl methyl sites for hydroxylation is 1. The number of hydrogen-bond acceptors (Lipinski definition) is 3. The Bertz CT molecular complexity index is 725. The van der Waals surface area contributed by atoms with Gasteiger partial charge in [0.1, 0.15) is 5.75 Å². The molecule has 0 saturated heterocycles. The standard InChI is InChI=1S/C19H19NO3/c1-23-15-8-9-17-16(13-15)18(21)11-12-20(17)19(22)10-7-14-5-3-2-4-6-14/h2-6,8-9,13H,7,10-12H2,1H3. The summed E-state index contributed by atoms with van der Waals surface area (Å²) in [5.41, 5.74) is 2.41. The van der Waals surface area contributed by atoms with Crippen LogP contribution >= 0.6 is 0 Å². The number of methoxy groups -OCH3 is 1. The topological polar surface area (TPSA) is 46.6 Å². The van der Waals surface area contributed by atoms with E-state index in [1.54, 1.807) is 30.2 Å². The van der Waals surface area contributed by atoms with Crippen molar-refractivity contribution in [2.24, 2.45) is 0 Å². The summed E-state index contributed by atoms with van der Waals surface area (Å²) in [5.74, 6) is 0.745. The molecule has 4 heteroatoms. The minimum atomic E-state index is 0.0489. The summed E-state index contributed by atoms with van der Waals surface area (Å²) in [6.07, 6.45) is 1.50. The van der Waals surface area contributed by atoms with Gasteiger partial charge in [0.25, 0.3) is 0 Å². The van der Waals surface area contributed by atoms with Crippen molar-refractivity contribution in [1.82, 2.24) is 0 Å². The number of ketones is 1. The Morgan fingerprint density at radius 1 is 1.17 bits per heavy atom. The number of fused-ring (bicyclic) bond motifs is 1. The van der Waals surface area contributed by atoms with Gasteiger partial charge in [-0.25, -0.2) is 0 Å². The molecule has 3 rings (SSSR count). The van der Waals surface area contributed by atoms with Crippen LogP contribution in [0.1, 0.15) is 28.8 Å². The molecule has 2 aromatic rings. The van der Waals surface area contributed by atoms with Crippen molar-refractivity contribution in [3.8, 4) is 5.75 Å². The summed E-state index contributed by atoms with van der Waals surface area (Å²) in [4.78, 5) is 26.4. The molecule has 0 atom stereocenters. The average molecular weight is 309 g/mol. The number of rotatable bonds is 4. The average Bonchev–Trinajstić information content (AvgIpc) is 2.60. The van der Waals surface area contributed by atoms with E-state index >= 15 is 0 Å². The number of ether oxygens (including phenoxy) is 1. The second-order valence-corrected chi connectivity index (χ2v) is 5.59. The van der Waals surface area contributed by atoms with Gasteiger partial charge in [-0.3, -0.25) is 9.59 Å². The van der Waals surface area contributed by atoms with Crippen LogP contribution in [0.25, 0.3) is 0 Å². The molecule has 1 aliphatic heterocycles. The molecule has 0 saturated carbocycles. The zero-order chi connectivity index (χ0) is 16.2. The monoisotopic (exact) mass is 309 g/mol. The quantitative estimate of drug-likeness (QED) is 0.871. The molecule has 0 aliphatic carbocycles. The highest BCUT2D eigenvalue weighted by Crippen LogP contribution is 2.31. The summed E-state index contributed by atoms with van der Waals surface area (Å²) >= 11 is 0. The van der Waals surface area contributed by atoms with Crippen LogP contribution in [0, 0.1) is 0 Å². The smallest absolute Gasteiger partial charge is 0.227 e. The number of anilines is 1. The molecule has 0 radical (unpaired) electrons. The van der Waals surface area contributed by atoms with E-state index in [4.69, 9.17) is 4.74 Å². The lowest BCUT2D eigenvalue weighted by molar-refractivity contribution is -0.118. The van der Waals surface area contributed by atoms with Crippen molar-refractivity contribution < 1.29 is 14.3 Å². The maximum Gasteiger partial charge on any atom is 0.227 e. The van der Waals surface area contributed by atoms with Crippen molar-refractivity contribution >= 4 is 17.4 Å². The summed E-state index contributed by atoms with van der Waals surface area (Å²) < 4.78 is 5.17. The normalized spacial score (nSPS) is 13.6. The van der Waals surface area contributed by atoms with Crippen LogP contribution in [0.5, 0.6) is 5.75 Å². The van der Waals surface area contributed by atoms with Crippen molar-refractivity contribution in [1.29, 1.82) is 0 Å². The Hall–Kier alpha value is -2.62. The van der Waals surface area contributed by atoms with E-state index in [0.717, 1.165) is 5.56 Å². The van der Waals surface area contributed by atoms with Crippen LogP contribution < -0.4 is 9.64 Å².